The number of nitrogens with one attached hydrogen (secondary N) is 1. The van der Waals surface area contributed by atoms with E-state index in [1.165, 1.54) is 32.1 Å². The second-order valence-corrected chi connectivity index (χ2v) is 7.96. The first-order valence-electron chi connectivity index (χ1n) is 8.84. The van der Waals surface area contributed by atoms with E-state index in [-0.39, 0.29) is 11.5 Å². The summed E-state index contributed by atoms with van der Waals surface area (Å²) in [6.45, 7) is 1.08. The smallest absolute Gasteiger partial charge is 0.407 e. The zero-order valence-electron chi connectivity index (χ0n) is 13.5. The third-order valence-corrected chi connectivity index (χ3v) is 6.29. The summed E-state index contributed by atoms with van der Waals surface area (Å²) in [5.74, 6) is 2.17. The minimum atomic E-state index is -0.297. The van der Waals surface area contributed by atoms with E-state index in [2.05, 4.69) is 5.32 Å². The number of hydrogen-bond donors (Lipinski definition) is 2. The normalized spacial score (nSPS) is 37.6. The molecule has 23 heavy (non-hydrogen) atoms. The number of benzene rings is 1. The molecule has 5 atom stereocenters. The van der Waals surface area contributed by atoms with Crippen molar-refractivity contribution in [1.29, 1.82) is 0 Å². The van der Waals surface area contributed by atoms with Gasteiger partial charge >= 0.3 is 6.09 Å². The van der Waals surface area contributed by atoms with E-state index in [0.29, 0.717) is 24.5 Å². The molecule has 124 valence electrons. The fraction of sp³-hybridized carbons (Fsp3) is 0.632. The molecule has 5 rings (SSSR count). The number of hydrogen-bond acceptors (Lipinski definition) is 3. The van der Waals surface area contributed by atoms with Crippen LogP contribution in [-0.2, 0) is 11.3 Å². The van der Waals surface area contributed by atoms with E-state index >= 15 is 0 Å². The van der Waals surface area contributed by atoms with Gasteiger partial charge in [-0.05, 0) is 60.8 Å². The highest BCUT2D eigenvalue weighted by molar-refractivity contribution is 5.67. The molecule has 0 aliphatic heterocycles. The highest BCUT2D eigenvalue weighted by Gasteiger charge is 2.54. The number of alkyl carbamates (subject to hydrolysis) is 1. The number of amides is 1. The molecular weight excluding hydrogens is 288 g/mol. The van der Waals surface area contributed by atoms with Gasteiger partial charge in [0.15, 0.2) is 0 Å². The lowest BCUT2D eigenvalue weighted by atomic mass is 9.48. The Kier molecular flexibility index (Phi) is 3.80. The van der Waals surface area contributed by atoms with Gasteiger partial charge in [-0.2, -0.15) is 0 Å². The van der Waals surface area contributed by atoms with E-state index in [1.54, 1.807) is 0 Å². The average Bonchev–Trinajstić information content (AvgIpc) is 2.56. The van der Waals surface area contributed by atoms with Gasteiger partial charge in [0.25, 0.3) is 0 Å². The zero-order valence-corrected chi connectivity index (χ0v) is 13.5. The molecular formula is C19H26N2O2. The fourth-order valence-corrected chi connectivity index (χ4v) is 5.48. The van der Waals surface area contributed by atoms with E-state index in [0.717, 1.165) is 18.0 Å². The Morgan fingerprint density at radius 1 is 1.17 bits per heavy atom. The fourth-order valence-electron chi connectivity index (χ4n) is 5.48. The topological polar surface area (TPSA) is 64.3 Å². The highest BCUT2D eigenvalue weighted by atomic mass is 16.5. The molecule has 4 saturated carbocycles. The van der Waals surface area contributed by atoms with Crippen molar-refractivity contribution in [1.82, 2.24) is 5.32 Å². The van der Waals surface area contributed by atoms with Crippen molar-refractivity contribution in [2.24, 2.45) is 28.9 Å². The summed E-state index contributed by atoms with van der Waals surface area (Å²) < 4.78 is 5.34. The van der Waals surface area contributed by atoms with Gasteiger partial charge < -0.3 is 15.8 Å². The van der Waals surface area contributed by atoms with Crippen LogP contribution in [0.1, 0.15) is 37.7 Å². The Morgan fingerprint density at radius 3 is 2.57 bits per heavy atom. The van der Waals surface area contributed by atoms with Crippen LogP contribution in [0.5, 0.6) is 0 Å². The minimum Gasteiger partial charge on any atom is -0.445 e. The molecule has 0 spiro atoms. The van der Waals surface area contributed by atoms with Gasteiger partial charge in [-0.25, -0.2) is 4.79 Å². The summed E-state index contributed by atoms with van der Waals surface area (Å²) in [7, 11) is 0. The van der Waals surface area contributed by atoms with Crippen LogP contribution in [0, 0.1) is 23.2 Å². The molecule has 0 heterocycles. The monoisotopic (exact) mass is 314 g/mol. The summed E-state index contributed by atoms with van der Waals surface area (Å²) in [5, 5.41) is 3.02. The number of carbonyl (C=O) groups excluding carboxylic acids is 1. The van der Waals surface area contributed by atoms with E-state index in [4.69, 9.17) is 10.5 Å². The van der Waals surface area contributed by atoms with E-state index in [9.17, 15) is 4.79 Å². The van der Waals surface area contributed by atoms with Crippen LogP contribution in [-0.4, -0.2) is 18.7 Å². The van der Waals surface area contributed by atoms with Crippen molar-refractivity contribution in [3.8, 4) is 0 Å². The maximum Gasteiger partial charge on any atom is 0.407 e. The van der Waals surface area contributed by atoms with Crippen molar-refractivity contribution in [3.05, 3.63) is 35.9 Å². The largest absolute Gasteiger partial charge is 0.445 e. The van der Waals surface area contributed by atoms with Crippen LogP contribution in [0.15, 0.2) is 30.3 Å². The van der Waals surface area contributed by atoms with Crippen molar-refractivity contribution in [3.63, 3.8) is 0 Å². The molecule has 4 heteroatoms. The van der Waals surface area contributed by atoms with Gasteiger partial charge in [-0.15, -0.1) is 0 Å². The van der Waals surface area contributed by atoms with Gasteiger partial charge in [-0.3, -0.25) is 0 Å². The number of rotatable bonds is 4. The van der Waals surface area contributed by atoms with Crippen LogP contribution < -0.4 is 11.1 Å². The van der Waals surface area contributed by atoms with Crippen LogP contribution in [0.25, 0.3) is 0 Å². The summed E-state index contributed by atoms with van der Waals surface area (Å²) in [6.07, 6.45) is 5.93. The number of carbonyl (C=O) groups is 1. The third-order valence-electron chi connectivity index (χ3n) is 6.29. The first-order valence-corrected chi connectivity index (χ1v) is 8.84. The minimum absolute atomic E-state index is 0.276. The van der Waals surface area contributed by atoms with Crippen molar-refractivity contribution in [2.45, 2.75) is 44.8 Å². The zero-order chi connectivity index (χ0) is 15.9. The molecule has 4 bridgehead atoms. The lowest BCUT2D eigenvalue weighted by Gasteiger charge is -2.59. The van der Waals surface area contributed by atoms with Gasteiger partial charge in [-0.1, -0.05) is 30.3 Å². The number of ether oxygens (including phenoxy) is 1. The summed E-state index contributed by atoms with van der Waals surface area (Å²) in [4.78, 5) is 12.0. The van der Waals surface area contributed by atoms with Gasteiger partial charge in [0.2, 0.25) is 0 Å². The molecule has 0 saturated heterocycles. The molecule has 1 amide bonds. The first-order chi connectivity index (χ1) is 11.1. The highest BCUT2D eigenvalue weighted by Crippen LogP contribution is 2.59. The predicted octanol–water partition coefficient (Wildman–Crippen LogP) is 3.07. The van der Waals surface area contributed by atoms with Gasteiger partial charge in [0.05, 0.1) is 0 Å². The molecule has 4 aliphatic rings. The molecule has 4 nitrogen and oxygen atoms in total. The molecule has 3 N–H and O–H groups in total. The van der Waals surface area contributed by atoms with Gasteiger partial charge in [0, 0.05) is 12.6 Å². The maximum absolute atomic E-state index is 12.0. The average molecular weight is 314 g/mol. The number of nitrogens with two attached hydrogens (primary N) is 1. The van der Waals surface area contributed by atoms with Gasteiger partial charge in [0.1, 0.15) is 6.61 Å². The molecule has 3 unspecified atom stereocenters. The van der Waals surface area contributed by atoms with E-state index in [1.807, 2.05) is 30.3 Å². The second kappa shape index (κ2) is 5.82. The first kappa shape index (κ1) is 15.0. The molecule has 4 fully saturated rings. The van der Waals surface area contributed by atoms with E-state index < -0.39 is 0 Å². The Balaban J connectivity index is 1.30. The summed E-state index contributed by atoms with van der Waals surface area (Å²) in [5.41, 5.74) is 7.67. The Bertz CT molecular complexity index is 558. The Hall–Kier alpha value is -1.55. The molecule has 4 aliphatic carbocycles. The Labute approximate surface area is 137 Å². The molecule has 0 radical (unpaired) electrons. The Morgan fingerprint density at radius 2 is 1.87 bits per heavy atom. The van der Waals surface area contributed by atoms with Crippen molar-refractivity contribution < 1.29 is 9.53 Å². The van der Waals surface area contributed by atoms with Crippen molar-refractivity contribution >= 4 is 6.09 Å². The molecule has 1 aromatic rings. The predicted molar refractivity (Wildman–Crippen MR) is 88.6 cm³/mol. The SMILES string of the molecule is NC1[C@@H]2CC3C[C@H]1CC(CNC(=O)OCc1ccccc1)(C3)C2. The lowest BCUT2D eigenvalue weighted by molar-refractivity contribution is -0.0649. The lowest BCUT2D eigenvalue weighted by Crippen LogP contribution is -2.59. The van der Waals surface area contributed by atoms with Crippen molar-refractivity contribution in [2.75, 3.05) is 6.54 Å². The maximum atomic E-state index is 12.0. The standard InChI is InChI=1S/C19H26N2O2/c20-17-15-6-14-7-16(17)10-19(8-14,9-15)12-21-18(22)23-11-13-4-2-1-3-5-13/h1-5,14-17H,6-12,20H2,(H,21,22)/t14?,15-,16+,17?,19?. The third kappa shape index (κ3) is 2.97. The van der Waals surface area contributed by atoms with Crippen LogP contribution >= 0.6 is 0 Å². The summed E-state index contributed by atoms with van der Waals surface area (Å²) in [6, 6.07) is 10.2. The molecule has 0 aromatic heterocycles. The second-order valence-electron chi connectivity index (χ2n) is 7.96. The van der Waals surface area contributed by atoms with Crippen LogP contribution in [0.4, 0.5) is 4.79 Å². The summed E-state index contributed by atoms with van der Waals surface area (Å²) >= 11 is 0. The van der Waals surface area contributed by atoms with Crippen LogP contribution in [0.2, 0.25) is 0 Å². The quantitative estimate of drug-likeness (QED) is 0.897. The molecule has 1 aromatic carbocycles. The van der Waals surface area contributed by atoms with Crippen LogP contribution in [0.3, 0.4) is 0 Å².